The van der Waals surface area contributed by atoms with Crippen molar-refractivity contribution in [3.05, 3.63) is 22.6 Å². The highest BCUT2D eigenvalue weighted by Gasteiger charge is 2.68. The molecule has 2 rings (SSSR count). The lowest BCUT2D eigenvalue weighted by Gasteiger charge is -2.10. The molecule has 0 aliphatic heterocycles. The summed E-state index contributed by atoms with van der Waals surface area (Å²) in [6.45, 7) is 8.77. The third-order valence-corrected chi connectivity index (χ3v) is 5.02. The zero-order valence-corrected chi connectivity index (χ0v) is 11.1. The van der Waals surface area contributed by atoms with Gasteiger partial charge in [-0.15, -0.1) is 0 Å². The Morgan fingerprint density at radius 3 is 2.20 bits per heavy atom. The maximum absolute atomic E-state index is 10.3. The normalized spacial score (nSPS) is 25.2. The molecule has 0 saturated heterocycles. The van der Waals surface area contributed by atoms with Crippen molar-refractivity contribution < 1.29 is 9.52 Å². The Kier molecular flexibility index (Phi) is 2.32. The van der Waals surface area contributed by atoms with Crippen LogP contribution in [0.3, 0.4) is 0 Å². The van der Waals surface area contributed by atoms with Gasteiger partial charge in [0.25, 0.3) is 0 Å². The van der Waals surface area contributed by atoms with Crippen LogP contribution in [0.15, 0.2) is 21.2 Å². The van der Waals surface area contributed by atoms with Gasteiger partial charge < -0.3 is 9.52 Å². The second-order valence-electron chi connectivity index (χ2n) is 5.50. The van der Waals surface area contributed by atoms with Crippen molar-refractivity contribution in [2.75, 3.05) is 0 Å². The Bertz CT molecular complexity index is 365. The van der Waals surface area contributed by atoms with Crippen molar-refractivity contribution >= 4 is 15.9 Å². The largest absolute Gasteiger partial charge is 0.465 e. The molecule has 1 aromatic heterocycles. The van der Waals surface area contributed by atoms with Gasteiger partial charge in [-0.25, -0.2) is 0 Å². The summed E-state index contributed by atoms with van der Waals surface area (Å²) in [6.07, 6.45) is 1.09. The molecule has 0 aromatic carbocycles. The maximum Gasteiger partial charge on any atom is 0.146 e. The summed E-state index contributed by atoms with van der Waals surface area (Å²) in [6, 6.07) is 1.82. The van der Waals surface area contributed by atoms with Gasteiger partial charge in [0.15, 0.2) is 0 Å². The van der Waals surface area contributed by atoms with Crippen molar-refractivity contribution in [2.24, 2.45) is 16.7 Å². The Balaban J connectivity index is 2.26. The highest BCUT2D eigenvalue weighted by Crippen LogP contribution is 2.72. The van der Waals surface area contributed by atoms with Gasteiger partial charge in [-0.05, 0) is 32.8 Å². The summed E-state index contributed by atoms with van der Waals surface area (Å²) in [5.41, 5.74) is 0.331. The van der Waals surface area contributed by atoms with E-state index in [0.29, 0.717) is 5.76 Å². The molecule has 1 aliphatic carbocycles. The molecular formula is C12H17BrO2. The summed E-state index contributed by atoms with van der Waals surface area (Å²) in [4.78, 5) is 0. The molecule has 3 heteroatoms. The fourth-order valence-electron chi connectivity index (χ4n) is 2.70. The maximum atomic E-state index is 10.3. The molecule has 0 bridgehead atoms. The molecule has 0 amide bonds. The van der Waals surface area contributed by atoms with Crippen LogP contribution in [0.5, 0.6) is 0 Å². The first kappa shape index (κ1) is 11.2. The SMILES string of the molecule is CC1(C)C(C(O)c2occc2Br)C1(C)C. The molecule has 0 spiro atoms. The van der Waals surface area contributed by atoms with Crippen LogP contribution in [0.25, 0.3) is 0 Å². The lowest BCUT2D eigenvalue weighted by molar-refractivity contribution is 0.105. The average molecular weight is 273 g/mol. The second kappa shape index (κ2) is 3.11. The highest BCUT2D eigenvalue weighted by molar-refractivity contribution is 9.10. The van der Waals surface area contributed by atoms with Crippen LogP contribution in [0.4, 0.5) is 0 Å². The highest BCUT2D eigenvalue weighted by atomic mass is 79.9. The van der Waals surface area contributed by atoms with Crippen LogP contribution in [0, 0.1) is 16.7 Å². The molecule has 1 aliphatic rings. The average Bonchev–Trinajstić information content (AvgIpc) is 2.48. The quantitative estimate of drug-likeness (QED) is 0.890. The number of aliphatic hydroxyl groups excluding tert-OH is 1. The Labute approximate surface area is 98.8 Å². The number of hydrogen-bond acceptors (Lipinski definition) is 2. The molecule has 84 valence electrons. The van der Waals surface area contributed by atoms with Crippen LogP contribution >= 0.6 is 15.9 Å². The number of halogens is 1. The third-order valence-electron chi connectivity index (χ3n) is 4.36. The molecule has 1 N–H and O–H groups in total. The van der Waals surface area contributed by atoms with E-state index in [1.807, 2.05) is 6.07 Å². The predicted molar refractivity (Wildman–Crippen MR) is 62.4 cm³/mol. The van der Waals surface area contributed by atoms with E-state index < -0.39 is 6.10 Å². The zero-order chi connectivity index (χ0) is 11.4. The van der Waals surface area contributed by atoms with Gasteiger partial charge in [-0.3, -0.25) is 0 Å². The van der Waals surface area contributed by atoms with E-state index in [-0.39, 0.29) is 16.7 Å². The van der Waals surface area contributed by atoms with Gasteiger partial charge in [-0.1, -0.05) is 27.7 Å². The lowest BCUT2D eigenvalue weighted by atomic mass is 10.0. The smallest absolute Gasteiger partial charge is 0.146 e. The third kappa shape index (κ3) is 1.40. The van der Waals surface area contributed by atoms with E-state index in [9.17, 15) is 5.11 Å². The van der Waals surface area contributed by atoms with Crippen LogP contribution in [0.1, 0.15) is 39.6 Å². The first-order chi connectivity index (χ1) is 6.80. The van der Waals surface area contributed by atoms with Crippen molar-refractivity contribution in [2.45, 2.75) is 33.8 Å². The van der Waals surface area contributed by atoms with Crippen molar-refractivity contribution in [1.82, 2.24) is 0 Å². The molecule has 15 heavy (non-hydrogen) atoms. The first-order valence-corrected chi connectivity index (χ1v) is 6.00. The van der Waals surface area contributed by atoms with E-state index in [0.717, 1.165) is 4.47 Å². The molecule has 1 aromatic rings. The van der Waals surface area contributed by atoms with Gasteiger partial charge in [0, 0.05) is 5.92 Å². The van der Waals surface area contributed by atoms with Crippen molar-refractivity contribution in [3.63, 3.8) is 0 Å². The summed E-state index contributed by atoms with van der Waals surface area (Å²) in [5, 5.41) is 10.3. The van der Waals surface area contributed by atoms with Crippen LogP contribution in [-0.2, 0) is 0 Å². The molecule has 1 saturated carbocycles. The van der Waals surface area contributed by atoms with Gasteiger partial charge >= 0.3 is 0 Å². The predicted octanol–water partition coefficient (Wildman–Crippen LogP) is 3.76. The number of rotatable bonds is 2. The van der Waals surface area contributed by atoms with E-state index in [2.05, 4.69) is 43.6 Å². The fourth-order valence-corrected chi connectivity index (χ4v) is 3.14. The minimum absolute atomic E-state index is 0.165. The molecule has 2 nitrogen and oxygen atoms in total. The summed E-state index contributed by atoms with van der Waals surface area (Å²) in [5.74, 6) is 0.908. The first-order valence-electron chi connectivity index (χ1n) is 5.21. The second-order valence-corrected chi connectivity index (χ2v) is 6.35. The lowest BCUT2D eigenvalue weighted by Crippen LogP contribution is -2.04. The molecule has 1 heterocycles. The summed E-state index contributed by atoms with van der Waals surface area (Å²) < 4.78 is 6.17. The van der Waals surface area contributed by atoms with Crippen molar-refractivity contribution in [1.29, 1.82) is 0 Å². The zero-order valence-electron chi connectivity index (χ0n) is 9.54. The van der Waals surface area contributed by atoms with Crippen LogP contribution in [0.2, 0.25) is 0 Å². The number of aliphatic hydroxyl groups is 1. The van der Waals surface area contributed by atoms with Gasteiger partial charge in [-0.2, -0.15) is 0 Å². The molecular weight excluding hydrogens is 256 g/mol. The number of hydrogen-bond donors (Lipinski definition) is 1. The summed E-state index contributed by atoms with van der Waals surface area (Å²) >= 11 is 3.38. The Morgan fingerprint density at radius 1 is 1.33 bits per heavy atom. The minimum Gasteiger partial charge on any atom is -0.465 e. The Morgan fingerprint density at radius 2 is 1.87 bits per heavy atom. The minimum atomic E-state index is -0.514. The topological polar surface area (TPSA) is 33.4 Å². The van der Waals surface area contributed by atoms with E-state index in [4.69, 9.17) is 4.42 Å². The van der Waals surface area contributed by atoms with E-state index >= 15 is 0 Å². The van der Waals surface area contributed by atoms with E-state index in [1.165, 1.54) is 0 Å². The number of furan rings is 1. The molecule has 1 fully saturated rings. The standard InChI is InChI=1S/C12H17BrO2/c1-11(2)10(12(11,3)4)8(14)9-7(13)5-6-15-9/h5-6,8,10,14H,1-4H3. The van der Waals surface area contributed by atoms with Crippen molar-refractivity contribution in [3.8, 4) is 0 Å². The van der Waals surface area contributed by atoms with E-state index in [1.54, 1.807) is 6.26 Å². The molecule has 0 radical (unpaired) electrons. The van der Waals surface area contributed by atoms with Crippen LogP contribution in [-0.4, -0.2) is 5.11 Å². The van der Waals surface area contributed by atoms with Crippen LogP contribution < -0.4 is 0 Å². The fraction of sp³-hybridized carbons (Fsp3) is 0.667. The monoisotopic (exact) mass is 272 g/mol. The van der Waals surface area contributed by atoms with Gasteiger partial charge in [0.2, 0.25) is 0 Å². The summed E-state index contributed by atoms with van der Waals surface area (Å²) in [7, 11) is 0. The Hall–Kier alpha value is -0.280. The van der Waals surface area contributed by atoms with Gasteiger partial charge in [0.1, 0.15) is 11.9 Å². The van der Waals surface area contributed by atoms with Gasteiger partial charge in [0.05, 0.1) is 10.7 Å². The molecule has 1 unspecified atom stereocenters. The molecule has 1 atom stereocenters.